The van der Waals surface area contributed by atoms with Crippen molar-refractivity contribution >= 4 is 27.5 Å². The van der Waals surface area contributed by atoms with Gasteiger partial charge in [0, 0.05) is 11.8 Å². The van der Waals surface area contributed by atoms with Crippen LogP contribution in [0.15, 0.2) is 35.1 Å². The highest BCUT2D eigenvalue weighted by Gasteiger charge is 2.14. The van der Waals surface area contributed by atoms with E-state index in [4.69, 9.17) is 4.74 Å². The third kappa shape index (κ3) is 3.44. The zero-order chi connectivity index (χ0) is 18.0. The number of ether oxygens (including phenoxy) is 1. The van der Waals surface area contributed by atoms with E-state index in [-0.39, 0.29) is 24.7 Å². The number of hydrogen-bond acceptors (Lipinski definition) is 6. The van der Waals surface area contributed by atoms with Gasteiger partial charge in [0.05, 0.1) is 23.7 Å². The van der Waals surface area contributed by atoms with E-state index in [1.807, 2.05) is 12.1 Å². The number of thiophene rings is 1. The molecule has 6 nitrogen and oxygen atoms in total. The van der Waals surface area contributed by atoms with Crippen LogP contribution in [0.25, 0.3) is 10.2 Å². The van der Waals surface area contributed by atoms with E-state index >= 15 is 0 Å². The van der Waals surface area contributed by atoms with Crippen LogP contribution in [0.2, 0.25) is 0 Å². The number of aromatic nitrogens is 2. The first-order valence-electron chi connectivity index (χ1n) is 7.61. The summed E-state index contributed by atoms with van der Waals surface area (Å²) in [6.45, 7) is 3.52. The lowest BCUT2D eigenvalue weighted by molar-refractivity contribution is -0.142. The highest BCUT2D eigenvalue weighted by molar-refractivity contribution is 7.18. The Kier molecular flexibility index (Phi) is 4.63. The number of carbonyl (C=O) groups excluding carboxylic acids is 1. The topological polar surface area (TPSA) is 85.0 Å². The number of carbonyl (C=O) groups is 1. The Morgan fingerprint density at radius 3 is 2.88 bits per heavy atom. The molecule has 2 heterocycles. The Morgan fingerprint density at radius 1 is 1.40 bits per heavy atom. The maximum absolute atomic E-state index is 12.8. The van der Waals surface area contributed by atoms with Crippen molar-refractivity contribution in [1.29, 1.82) is 5.26 Å². The zero-order valence-electron chi connectivity index (χ0n) is 13.8. The molecule has 2 aromatic heterocycles. The number of esters is 1. The van der Waals surface area contributed by atoms with Crippen LogP contribution in [0.1, 0.15) is 28.8 Å². The normalized spacial score (nSPS) is 10.6. The summed E-state index contributed by atoms with van der Waals surface area (Å²) in [4.78, 5) is 29.0. The molecule has 1 aromatic carbocycles. The molecule has 25 heavy (non-hydrogen) atoms. The molecule has 0 bridgehead atoms. The SMILES string of the molecule is CC(=O)OCc1cc2nc(C)n(Cc3ccccc3C#N)c(=O)c2s1. The number of rotatable bonds is 4. The van der Waals surface area contributed by atoms with Crippen LogP contribution in [-0.2, 0) is 22.7 Å². The Hall–Kier alpha value is -2.98. The molecule has 7 heteroatoms. The van der Waals surface area contributed by atoms with E-state index in [1.165, 1.54) is 18.3 Å². The van der Waals surface area contributed by atoms with Crippen LogP contribution in [0, 0.1) is 18.3 Å². The van der Waals surface area contributed by atoms with E-state index in [1.54, 1.807) is 29.7 Å². The summed E-state index contributed by atoms with van der Waals surface area (Å²) in [7, 11) is 0. The Balaban J connectivity index is 2.03. The fourth-order valence-corrected chi connectivity index (χ4v) is 3.50. The van der Waals surface area contributed by atoms with Gasteiger partial charge in [-0.25, -0.2) is 4.98 Å². The van der Waals surface area contributed by atoms with Crippen LogP contribution >= 0.6 is 11.3 Å². The van der Waals surface area contributed by atoms with Crippen molar-refractivity contribution in [3.05, 3.63) is 62.5 Å². The standard InChI is InChI=1S/C18H15N3O3S/c1-11-20-16-7-15(10-24-12(2)22)25-17(16)18(23)21(11)9-14-6-4-3-5-13(14)8-19/h3-7H,9-10H2,1-2H3. The molecule has 0 atom stereocenters. The van der Waals surface area contributed by atoms with E-state index < -0.39 is 0 Å². The minimum Gasteiger partial charge on any atom is -0.460 e. The van der Waals surface area contributed by atoms with Gasteiger partial charge in [-0.3, -0.25) is 14.2 Å². The molecule has 0 aliphatic carbocycles. The Labute approximate surface area is 147 Å². The Morgan fingerprint density at radius 2 is 2.16 bits per heavy atom. The number of aryl methyl sites for hydroxylation is 1. The Bertz CT molecular complexity index is 1060. The van der Waals surface area contributed by atoms with Crippen LogP contribution in [0.3, 0.4) is 0 Å². The fraction of sp³-hybridized carbons (Fsp3) is 0.222. The van der Waals surface area contributed by atoms with Gasteiger partial charge in [-0.15, -0.1) is 11.3 Å². The smallest absolute Gasteiger partial charge is 0.302 e. The molecule has 0 amide bonds. The molecular formula is C18H15N3O3S. The second kappa shape index (κ2) is 6.87. The molecule has 0 aliphatic rings. The first kappa shape index (κ1) is 16.9. The van der Waals surface area contributed by atoms with Crippen LogP contribution in [0.4, 0.5) is 0 Å². The summed E-state index contributed by atoms with van der Waals surface area (Å²) < 4.78 is 7.06. The van der Waals surface area contributed by atoms with Gasteiger partial charge in [0.1, 0.15) is 17.1 Å². The second-order valence-corrected chi connectivity index (χ2v) is 6.66. The zero-order valence-corrected chi connectivity index (χ0v) is 14.6. The molecule has 0 aliphatic heterocycles. The lowest BCUT2D eigenvalue weighted by Crippen LogP contribution is -2.24. The number of benzene rings is 1. The molecule has 3 rings (SSSR count). The van der Waals surface area contributed by atoms with Crippen LogP contribution in [-0.4, -0.2) is 15.5 Å². The van der Waals surface area contributed by atoms with Crippen molar-refractivity contribution < 1.29 is 9.53 Å². The quantitative estimate of drug-likeness (QED) is 0.673. The van der Waals surface area contributed by atoms with Crippen LogP contribution < -0.4 is 5.56 Å². The maximum Gasteiger partial charge on any atom is 0.302 e. The summed E-state index contributed by atoms with van der Waals surface area (Å²) in [5, 5.41) is 9.22. The summed E-state index contributed by atoms with van der Waals surface area (Å²) >= 11 is 1.27. The molecule has 0 spiro atoms. The fourth-order valence-electron chi connectivity index (χ4n) is 2.54. The average Bonchev–Trinajstić information content (AvgIpc) is 3.00. The van der Waals surface area contributed by atoms with Gasteiger partial charge in [0.15, 0.2) is 0 Å². The van der Waals surface area contributed by atoms with Gasteiger partial charge in [-0.2, -0.15) is 5.26 Å². The van der Waals surface area contributed by atoms with Crippen LogP contribution in [0.5, 0.6) is 0 Å². The maximum atomic E-state index is 12.8. The third-order valence-corrected chi connectivity index (χ3v) is 4.85. The molecule has 0 N–H and O–H groups in total. The lowest BCUT2D eigenvalue weighted by atomic mass is 10.1. The van der Waals surface area contributed by atoms with Gasteiger partial charge in [0.2, 0.25) is 0 Å². The summed E-state index contributed by atoms with van der Waals surface area (Å²) in [5.41, 5.74) is 1.75. The predicted molar refractivity (Wildman–Crippen MR) is 94.3 cm³/mol. The lowest BCUT2D eigenvalue weighted by Gasteiger charge is -2.10. The number of fused-ring (bicyclic) bond motifs is 1. The van der Waals surface area contributed by atoms with Gasteiger partial charge < -0.3 is 4.74 Å². The van der Waals surface area contributed by atoms with Crippen molar-refractivity contribution in [2.24, 2.45) is 0 Å². The van der Waals surface area contributed by atoms with E-state index in [9.17, 15) is 14.9 Å². The third-order valence-electron chi connectivity index (χ3n) is 3.76. The monoisotopic (exact) mass is 353 g/mol. The van der Waals surface area contributed by atoms with Crippen molar-refractivity contribution in [1.82, 2.24) is 9.55 Å². The summed E-state index contributed by atoms with van der Waals surface area (Å²) in [6, 6.07) is 11.1. The van der Waals surface area contributed by atoms with Crippen molar-refractivity contribution in [2.75, 3.05) is 0 Å². The molecule has 0 unspecified atom stereocenters. The molecular weight excluding hydrogens is 338 g/mol. The predicted octanol–water partition coefficient (Wildman–Crippen LogP) is 2.75. The van der Waals surface area contributed by atoms with E-state index in [2.05, 4.69) is 11.1 Å². The van der Waals surface area contributed by atoms with Gasteiger partial charge in [-0.05, 0) is 24.6 Å². The molecule has 0 radical (unpaired) electrons. The second-order valence-electron chi connectivity index (χ2n) is 5.53. The number of nitrogens with zero attached hydrogens (tertiary/aromatic N) is 3. The average molecular weight is 353 g/mol. The summed E-state index contributed by atoms with van der Waals surface area (Å²) in [6.07, 6.45) is 0. The van der Waals surface area contributed by atoms with Crippen molar-refractivity contribution in [3.8, 4) is 6.07 Å². The van der Waals surface area contributed by atoms with E-state index in [0.717, 1.165) is 10.4 Å². The minimum absolute atomic E-state index is 0.131. The highest BCUT2D eigenvalue weighted by atomic mass is 32.1. The highest BCUT2D eigenvalue weighted by Crippen LogP contribution is 2.22. The van der Waals surface area contributed by atoms with Gasteiger partial charge in [0.25, 0.3) is 5.56 Å². The van der Waals surface area contributed by atoms with E-state index in [0.29, 0.717) is 21.6 Å². The van der Waals surface area contributed by atoms with Crippen molar-refractivity contribution in [2.45, 2.75) is 27.0 Å². The first-order valence-corrected chi connectivity index (χ1v) is 8.42. The molecule has 126 valence electrons. The molecule has 0 fully saturated rings. The summed E-state index contributed by atoms with van der Waals surface area (Å²) in [5.74, 6) is 0.203. The minimum atomic E-state index is -0.368. The first-order chi connectivity index (χ1) is 12.0. The van der Waals surface area contributed by atoms with Gasteiger partial charge in [-0.1, -0.05) is 18.2 Å². The number of hydrogen-bond donors (Lipinski definition) is 0. The van der Waals surface area contributed by atoms with Gasteiger partial charge >= 0.3 is 5.97 Å². The largest absolute Gasteiger partial charge is 0.460 e. The van der Waals surface area contributed by atoms with Crippen molar-refractivity contribution in [3.63, 3.8) is 0 Å². The molecule has 3 aromatic rings. The number of nitriles is 1. The molecule has 0 saturated heterocycles. The molecule has 0 saturated carbocycles.